The maximum absolute atomic E-state index is 13.3. The van der Waals surface area contributed by atoms with E-state index in [1.54, 1.807) is 12.3 Å². The summed E-state index contributed by atoms with van der Waals surface area (Å²) in [5.41, 5.74) is 3.09. The first-order chi connectivity index (χ1) is 15.1. The molecule has 0 bridgehead atoms. The van der Waals surface area contributed by atoms with Gasteiger partial charge in [-0.25, -0.2) is 13.9 Å². The van der Waals surface area contributed by atoms with Gasteiger partial charge in [0.1, 0.15) is 12.4 Å². The van der Waals surface area contributed by atoms with Crippen molar-refractivity contribution in [1.29, 1.82) is 0 Å². The third kappa shape index (κ3) is 4.27. The molecule has 0 unspecified atom stereocenters. The lowest BCUT2D eigenvalue weighted by atomic mass is 9.92. The second-order valence-electron chi connectivity index (χ2n) is 7.26. The van der Waals surface area contributed by atoms with Gasteiger partial charge in [-0.2, -0.15) is 0 Å². The van der Waals surface area contributed by atoms with Crippen LogP contribution in [0.2, 0.25) is 0 Å². The molecule has 3 heterocycles. The summed E-state index contributed by atoms with van der Waals surface area (Å²) in [6.07, 6.45) is 9.54. The quantitative estimate of drug-likeness (QED) is 0.619. The standard InChI is InChI=1S/C21H21FN6O3/c22-7-10-27(20(29)16-6-9-24-18-4-2-1-3-15(16)18)12-14-13-28(26-25-14)19-11-23-8-5-17(19)21(30)31/h5-6,8-9,11,13H,1-4,7,10,12H2,(H,30,31). The Morgan fingerprint density at radius 2 is 1.97 bits per heavy atom. The predicted molar refractivity (Wildman–Crippen MR) is 108 cm³/mol. The molecule has 10 heteroatoms. The van der Waals surface area contributed by atoms with Crippen LogP contribution in [0.4, 0.5) is 4.39 Å². The first-order valence-electron chi connectivity index (χ1n) is 9.99. The lowest BCUT2D eigenvalue weighted by Crippen LogP contribution is -2.33. The van der Waals surface area contributed by atoms with Crippen LogP contribution in [0, 0.1) is 0 Å². The fourth-order valence-electron chi connectivity index (χ4n) is 3.78. The summed E-state index contributed by atoms with van der Waals surface area (Å²) in [6.45, 7) is -0.739. The smallest absolute Gasteiger partial charge is 0.338 e. The normalized spacial score (nSPS) is 12.9. The number of aromatic nitrogens is 5. The number of hydrogen-bond donors (Lipinski definition) is 1. The molecule has 0 saturated heterocycles. The molecule has 0 aromatic carbocycles. The van der Waals surface area contributed by atoms with Crippen molar-refractivity contribution in [2.24, 2.45) is 0 Å². The van der Waals surface area contributed by atoms with Crippen molar-refractivity contribution in [3.8, 4) is 5.69 Å². The Kier molecular flexibility index (Phi) is 5.96. The minimum atomic E-state index is -1.12. The summed E-state index contributed by atoms with van der Waals surface area (Å²) in [7, 11) is 0. The highest BCUT2D eigenvalue weighted by molar-refractivity contribution is 5.96. The highest BCUT2D eigenvalue weighted by Gasteiger charge is 2.24. The summed E-state index contributed by atoms with van der Waals surface area (Å²) >= 11 is 0. The summed E-state index contributed by atoms with van der Waals surface area (Å²) in [5.74, 6) is -1.40. The molecule has 4 rings (SSSR count). The van der Waals surface area contributed by atoms with E-state index in [1.807, 2.05) is 0 Å². The van der Waals surface area contributed by atoms with Crippen LogP contribution in [0.25, 0.3) is 5.69 Å². The maximum atomic E-state index is 13.3. The Balaban J connectivity index is 1.59. The first-order valence-corrected chi connectivity index (χ1v) is 9.99. The largest absolute Gasteiger partial charge is 0.478 e. The number of alkyl halides is 1. The zero-order valence-corrected chi connectivity index (χ0v) is 16.7. The number of fused-ring (bicyclic) bond motifs is 1. The van der Waals surface area contributed by atoms with E-state index in [9.17, 15) is 19.1 Å². The van der Waals surface area contributed by atoms with Gasteiger partial charge in [0.25, 0.3) is 5.91 Å². The zero-order chi connectivity index (χ0) is 21.8. The van der Waals surface area contributed by atoms with Crippen LogP contribution in [0.3, 0.4) is 0 Å². The number of carbonyl (C=O) groups excluding carboxylic acids is 1. The van der Waals surface area contributed by atoms with Crippen molar-refractivity contribution < 1.29 is 19.1 Å². The fourth-order valence-corrected chi connectivity index (χ4v) is 3.78. The second kappa shape index (κ2) is 8.99. The van der Waals surface area contributed by atoms with Crippen molar-refractivity contribution in [2.45, 2.75) is 32.2 Å². The number of amides is 1. The number of nitrogens with zero attached hydrogens (tertiary/aromatic N) is 6. The SMILES string of the molecule is O=C(O)c1ccncc1-n1cc(CN(CCF)C(=O)c2ccnc3c2CCCC3)nn1. The number of carboxylic acids is 1. The van der Waals surface area contributed by atoms with Crippen molar-refractivity contribution >= 4 is 11.9 Å². The topological polar surface area (TPSA) is 114 Å². The van der Waals surface area contributed by atoms with Crippen LogP contribution in [0.5, 0.6) is 0 Å². The predicted octanol–water partition coefficient (Wildman–Crippen LogP) is 2.25. The number of carboxylic acid groups (broad SMARTS) is 1. The number of rotatable bonds is 7. The van der Waals surface area contributed by atoms with E-state index in [0.29, 0.717) is 11.3 Å². The van der Waals surface area contributed by atoms with Gasteiger partial charge in [-0.3, -0.25) is 14.8 Å². The molecule has 1 N–H and O–H groups in total. The van der Waals surface area contributed by atoms with Crippen molar-refractivity contribution in [3.05, 3.63) is 65.0 Å². The van der Waals surface area contributed by atoms with E-state index in [4.69, 9.17) is 0 Å². The molecule has 1 aliphatic carbocycles. The average molecular weight is 424 g/mol. The highest BCUT2D eigenvalue weighted by Crippen LogP contribution is 2.24. The lowest BCUT2D eigenvalue weighted by Gasteiger charge is -2.24. The van der Waals surface area contributed by atoms with Crippen molar-refractivity contribution in [1.82, 2.24) is 29.9 Å². The van der Waals surface area contributed by atoms with Crippen LogP contribution >= 0.6 is 0 Å². The Morgan fingerprint density at radius 3 is 2.77 bits per heavy atom. The number of hydrogen-bond acceptors (Lipinski definition) is 6. The van der Waals surface area contributed by atoms with Crippen LogP contribution in [0.1, 0.15) is 50.5 Å². The molecule has 31 heavy (non-hydrogen) atoms. The third-order valence-corrected chi connectivity index (χ3v) is 5.28. The van der Waals surface area contributed by atoms with Gasteiger partial charge in [0, 0.05) is 30.2 Å². The molecular weight excluding hydrogens is 403 g/mol. The molecule has 0 radical (unpaired) electrons. The number of halogens is 1. The minimum Gasteiger partial charge on any atom is -0.478 e. The van der Waals surface area contributed by atoms with Crippen LogP contribution in [0.15, 0.2) is 36.9 Å². The Labute approximate surface area is 177 Å². The van der Waals surface area contributed by atoms with E-state index in [0.717, 1.165) is 36.9 Å². The van der Waals surface area contributed by atoms with Gasteiger partial charge in [0.2, 0.25) is 0 Å². The summed E-state index contributed by atoms with van der Waals surface area (Å²) in [6, 6.07) is 3.05. The average Bonchev–Trinajstić information content (AvgIpc) is 3.26. The van der Waals surface area contributed by atoms with Gasteiger partial charge in [-0.05, 0) is 43.4 Å². The molecule has 0 fully saturated rings. The third-order valence-electron chi connectivity index (χ3n) is 5.28. The summed E-state index contributed by atoms with van der Waals surface area (Å²) < 4.78 is 14.5. The van der Waals surface area contributed by atoms with Crippen molar-refractivity contribution in [3.63, 3.8) is 0 Å². The molecule has 0 aliphatic heterocycles. The van der Waals surface area contributed by atoms with Crippen LogP contribution in [-0.2, 0) is 19.4 Å². The molecule has 3 aromatic rings. The zero-order valence-electron chi connectivity index (χ0n) is 16.7. The molecule has 0 atom stereocenters. The van der Waals surface area contributed by atoms with Gasteiger partial charge < -0.3 is 10.0 Å². The molecule has 160 valence electrons. The first kappa shape index (κ1) is 20.6. The van der Waals surface area contributed by atoms with Gasteiger partial charge >= 0.3 is 5.97 Å². The second-order valence-corrected chi connectivity index (χ2v) is 7.26. The van der Waals surface area contributed by atoms with Crippen LogP contribution < -0.4 is 0 Å². The molecule has 1 aliphatic rings. The Morgan fingerprint density at radius 1 is 1.16 bits per heavy atom. The molecule has 0 spiro atoms. The van der Waals surface area contributed by atoms with Gasteiger partial charge in [-0.15, -0.1) is 5.10 Å². The number of pyridine rings is 2. The van der Waals surface area contributed by atoms with E-state index in [2.05, 4.69) is 20.3 Å². The van der Waals surface area contributed by atoms with E-state index < -0.39 is 12.6 Å². The molecule has 1 amide bonds. The summed E-state index contributed by atoms with van der Waals surface area (Å²) in [5, 5.41) is 17.4. The van der Waals surface area contributed by atoms with E-state index >= 15 is 0 Å². The summed E-state index contributed by atoms with van der Waals surface area (Å²) in [4.78, 5) is 34.4. The molecule has 3 aromatic heterocycles. The molecule has 9 nitrogen and oxygen atoms in total. The number of aromatic carboxylic acids is 1. The van der Waals surface area contributed by atoms with Gasteiger partial charge in [0.15, 0.2) is 0 Å². The van der Waals surface area contributed by atoms with Crippen molar-refractivity contribution in [2.75, 3.05) is 13.2 Å². The molecule has 0 saturated carbocycles. The lowest BCUT2D eigenvalue weighted by molar-refractivity contribution is 0.0694. The maximum Gasteiger partial charge on any atom is 0.338 e. The monoisotopic (exact) mass is 424 g/mol. The minimum absolute atomic E-state index is 0.0200. The highest BCUT2D eigenvalue weighted by atomic mass is 19.1. The van der Waals surface area contributed by atoms with E-state index in [-0.39, 0.29) is 30.2 Å². The van der Waals surface area contributed by atoms with E-state index in [1.165, 1.54) is 34.2 Å². The number of carbonyl (C=O) groups is 2. The van der Waals surface area contributed by atoms with Gasteiger partial charge in [-0.1, -0.05) is 5.21 Å². The molecular formula is C21H21FN6O3. The Hall–Kier alpha value is -3.69. The Bertz CT molecular complexity index is 1120. The van der Waals surface area contributed by atoms with Crippen LogP contribution in [-0.4, -0.2) is 60.1 Å². The fraction of sp³-hybridized carbons (Fsp3) is 0.333. The van der Waals surface area contributed by atoms with Gasteiger partial charge in [0.05, 0.1) is 30.2 Å². The number of aryl methyl sites for hydroxylation is 1.